The lowest BCUT2D eigenvalue weighted by atomic mass is 9.64. The monoisotopic (exact) mass is 222 g/mol. The highest BCUT2D eigenvalue weighted by atomic mass is 15.0. The normalized spacial score (nSPS) is 52.9. The van der Waals surface area contributed by atoms with Gasteiger partial charge in [-0.3, -0.25) is 0 Å². The van der Waals surface area contributed by atoms with Gasteiger partial charge in [-0.05, 0) is 49.9 Å². The molecule has 3 N–H and O–H groups in total. The number of hydrogen-bond donors (Lipinski definition) is 2. The molecule has 2 heteroatoms. The number of nitrogens with one attached hydrogen (secondary N) is 1. The molecule has 3 aliphatic rings. The summed E-state index contributed by atoms with van der Waals surface area (Å²) < 4.78 is 0. The zero-order valence-electron chi connectivity index (χ0n) is 10.5. The largest absolute Gasteiger partial charge is 0.327 e. The van der Waals surface area contributed by atoms with E-state index in [4.69, 9.17) is 5.73 Å². The molecule has 16 heavy (non-hydrogen) atoms. The van der Waals surface area contributed by atoms with Crippen LogP contribution in [0, 0.1) is 17.8 Å². The molecule has 92 valence electrons. The van der Waals surface area contributed by atoms with E-state index in [-0.39, 0.29) is 0 Å². The van der Waals surface area contributed by atoms with Crippen LogP contribution in [-0.2, 0) is 0 Å². The van der Waals surface area contributed by atoms with E-state index >= 15 is 0 Å². The fourth-order valence-electron chi connectivity index (χ4n) is 4.48. The van der Waals surface area contributed by atoms with Crippen molar-refractivity contribution < 1.29 is 0 Å². The van der Waals surface area contributed by atoms with Crippen molar-refractivity contribution >= 4 is 0 Å². The summed E-state index contributed by atoms with van der Waals surface area (Å²) >= 11 is 0. The molecule has 6 atom stereocenters. The van der Waals surface area contributed by atoms with Crippen molar-refractivity contribution in [3.8, 4) is 0 Å². The zero-order chi connectivity index (χ0) is 11.1. The fraction of sp³-hybridized carbons (Fsp3) is 1.00. The lowest BCUT2D eigenvalue weighted by Gasteiger charge is -2.51. The average Bonchev–Trinajstić information content (AvgIpc) is 2.31. The Labute approximate surface area is 99.4 Å². The number of fused-ring (bicyclic) bond motifs is 2. The maximum Gasteiger partial charge on any atom is 0.0125 e. The van der Waals surface area contributed by atoms with Crippen LogP contribution in [0.4, 0.5) is 0 Å². The molecule has 1 heterocycles. The van der Waals surface area contributed by atoms with Crippen LogP contribution in [0.5, 0.6) is 0 Å². The molecule has 0 aromatic carbocycles. The lowest BCUT2D eigenvalue weighted by molar-refractivity contribution is 0.0564. The van der Waals surface area contributed by atoms with E-state index < -0.39 is 0 Å². The van der Waals surface area contributed by atoms with Crippen molar-refractivity contribution in [2.24, 2.45) is 23.5 Å². The third-order valence-electron chi connectivity index (χ3n) is 5.40. The summed E-state index contributed by atoms with van der Waals surface area (Å²) in [6.07, 6.45) is 9.69. The zero-order valence-corrected chi connectivity index (χ0v) is 10.5. The van der Waals surface area contributed by atoms with Gasteiger partial charge in [0.05, 0.1) is 0 Å². The van der Waals surface area contributed by atoms with Crippen molar-refractivity contribution in [1.82, 2.24) is 5.32 Å². The summed E-state index contributed by atoms with van der Waals surface area (Å²) in [5, 5.41) is 3.93. The van der Waals surface area contributed by atoms with E-state index in [1.165, 1.54) is 44.9 Å². The van der Waals surface area contributed by atoms with Gasteiger partial charge in [0.25, 0.3) is 0 Å². The average molecular weight is 222 g/mol. The van der Waals surface area contributed by atoms with Gasteiger partial charge >= 0.3 is 0 Å². The van der Waals surface area contributed by atoms with Gasteiger partial charge in [-0.15, -0.1) is 0 Å². The first-order chi connectivity index (χ1) is 7.75. The topological polar surface area (TPSA) is 38.0 Å². The number of rotatable bonds is 0. The van der Waals surface area contributed by atoms with Crippen LogP contribution in [0.3, 0.4) is 0 Å². The first-order valence-corrected chi connectivity index (χ1v) is 7.27. The van der Waals surface area contributed by atoms with E-state index in [1.807, 2.05) is 0 Å². The number of nitrogens with two attached hydrogens (primary N) is 1. The van der Waals surface area contributed by atoms with Crippen LogP contribution in [-0.4, -0.2) is 18.1 Å². The minimum absolute atomic E-state index is 0.485. The molecule has 2 aliphatic carbocycles. The Kier molecular flexibility index (Phi) is 2.97. The van der Waals surface area contributed by atoms with Crippen molar-refractivity contribution in [2.45, 2.75) is 70.0 Å². The molecule has 6 unspecified atom stereocenters. The molecule has 0 aromatic rings. The van der Waals surface area contributed by atoms with Crippen molar-refractivity contribution in [3.63, 3.8) is 0 Å². The first-order valence-electron chi connectivity index (χ1n) is 7.27. The Morgan fingerprint density at radius 3 is 2.56 bits per heavy atom. The van der Waals surface area contributed by atoms with Gasteiger partial charge in [-0.1, -0.05) is 19.8 Å². The molecule has 1 aliphatic heterocycles. The molecule has 3 rings (SSSR count). The van der Waals surface area contributed by atoms with Crippen LogP contribution in [0.15, 0.2) is 0 Å². The van der Waals surface area contributed by atoms with Crippen LogP contribution in [0.1, 0.15) is 51.9 Å². The van der Waals surface area contributed by atoms with Crippen LogP contribution >= 0.6 is 0 Å². The van der Waals surface area contributed by atoms with Crippen molar-refractivity contribution in [2.75, 3.05) is 0 Å². The third-order valence-corrected chi connectivity index (χ3v) is 5.40. The highest BCUT2D eigenvalue weighted by molar-refractivity contribution is 5.02. The highest BCUT2D eigenvalue weighted by Gasteiger charge is 2.44. The maximum absolute atomic E-state index is 6.57. The molecular weight excluding hydrogens is 196 g/mol. The minimum atomic E-state index is 0.485. The highest BCUT2D eigenvalue weighted by Crippen LogP contribution is 2.41. The quantitative estimate of drug-likeness (QED) is 0.660. The second kappa shape index (κ2) is 4.30. The fourth-order valence-corrected chi connectivity index (χ4v) is 4.48. The van der Waals surface area contributed by atoms with Gasteiger partial charge < -0.3 is 11.1 Å². The molecular formula is C14H26N2. The summed E-state index contributed by atoms with van der Waals surface area (Å²) in [7, 11) is 0. The SMILES string of the molecule is CC1CCC2NC3CCCCC3C(N)C2C1. The standard InChI is InChI=1S/C14H26N2/c1-9-6-7-13-11(8-9)14(15)10-4-2-3-5-12(10)16-13/h9-14,16H,2-8,15H2,1H3. The van der Waals surface area contributed by atoms with E-state index in [2.05, 4.69) is 12.2 Å². The number of hydrogen-bond acceptors (Lipinski definition) is 2. The van der Waals surface area contributed by atoms with Crippen molar-refractivity contribution in [3.05, 3.63) is 0 Å². The summed E-state index contributed by atoms with van der Waals surface area (Å²) in [6.45, 7) is 2.40. The van der Waals surface area contributed by atoms with E-state index in [9.17, 15) is 0 Å². The molecule has 0 aromatic heterocycles. The predicted molar refractivity (Wildman–Crippen MR) is 67.2 cm³/mol. The molecule has 1 saturated heterocycles. The van der Waals surface area contributed by atoms with Crippen LogP contribution in [0.2, 0.25) is 0 Å². The summed E-state index contributed by atoms with van der Waals surface area (Å²) in [6, 6.07) is 1.98. The Bertz CT molecular complexity index is 253. The Balaban J connectivity index is 1.75. The lowest BCUT2D eigenvalue weighted by Crippen LogP contribution is -2.64. The second-order valence-electron chi connectivity index (χ2n) is 6.49. The van der Waals surface area contributed by atoms with Crippen LogP contribution in [0.25, 0.3) is 0 Å². The molecule has 2 nitrogen and oxygen atoms in total. The van der Waals surface area contributed by atoms with Gasteiger partial charge in [-0.25, -0.2) is 0 Å². The minimum Gasteiger partial charge on any atom is -0.327 e. The molecule has 0 bridgehead atoms. The molecule has 0 radical (unpaired) electrons. The first kappa shape index (κ1) is 11.0. The van der Waals surface area contributed by atoms with E-state index in [1.54, 1.807) is 0 Å². The van der Waals surface area contributed by atoms with Gasteiger partial charge in [0.1, 0.15) is 0 Å². The summed E-state index contributed by atoms with van der Waals surface area (Å²) in [4.78, 5) is 0. The Morgan fingerprint density at radius 2 is 1.69 bits per heavy atom. The smallest absolute Gasteiger partial charge is 0.0125 e. The maximum atomic E-state index is 6.57. The predicted octanol–water partition coefficient (Wildman–Crippen LogP) is 2.28. The van der Waals surface area contributed by atoms with Crippen LogP contribution < -0.4 is 11.1 Å². The van der Waals surface area contributed by atoms with E-state index in [0.29, 0.717) is 6.04 Å². The summed E-state index contributed by atoms with van der Waals surface area (Å²) in [5.41, 5.74) is 6.57. The Morgan fingerprint density at radius 1 is 0.938 bits per heavy atom. The van der Waals surface area contributed by atoms with Gasteiger partial charge in [0.2, 0.25) is 0 Å². The third kappa shape index (κ3) is 1.80. The summed E-state index contributed by atoms with van der Waals surface area (Å²) in [5.74, 6) is 2.44. The molecule has 0 spiro atoms. The molecule has 3 fully saturated rings. The van der Waals surface area contributed by atoms with Gasteiger partial charge in [-0.2, -0.15) is 0 Å². The van der Waals surface area contributed by atoms with Gasteiger partial charge in [0, 0.05) is 18.1 Å². The molecule has 0 amide bonds. The van der Waals surface area contributed by atoms with Gasteiger partial charge in [0.15, 0.2) is 0 Å². The van der Waals surface area contributed by atoms with Crippen molar-refractivity contribution in [1.29, 1.82) is 0 Å². The van der Waals surface area contributed by atoms with E-state index in [0.717, 1.165) is 29.8 Å². The Hall–Kier alpha value is -0.0800. The molecule has 2 saturated carbocycles. The second-order valence-corrected chi connectivity index (χ2v) is 6.49. The number of piperidine rings is 1.